The molecule has 0 bridgehead atoms. The van der Waals surface area contributed by atoms with E-state index in [0.29, 0.717) is 30.0 Å². The molecule has 0 spiro atoms. The molecule has 0 aliphatic rings. The average molecular weight is 588 g/mol. The molecule has 0 N–H and O–H groups in total. The molecule has 4 rings (SSSR count). The monoisotopic (exact) mass is 587 g/mol. The number of carbonyl (C=O) groups excluding carboxylic acids is 2. The van der Waals surface area contributed by atoms with Crippen LogP contribution in [0.5, 0.6) is 11.5 Å². The number of hydrogen-bond donors (Lipinski definition) is 0. The zero-order valence-corrected chi connectivity index (χ0v) is 25.5. The van der Waals surface area contributed by atoms with Gasteiger partial charge in [0.1, 0.15) is 29.3 Å². The van der Waals surface area contributed by atoms with E-state index in [1.807, 2.05) is 48.5 Å². The summed E-state index contributed by atoms with van der Waals surface area (Å²) < 4.78 is 27.8. The lowest BCUT2D eigenvalue weighted by molar-refractivity contribution is 0.0429. The van der Waals surface area contributed by atoms with Gasteiger partial charge < -0.3 is 23.5 Å². The number of amides is 2. The van der Waals surface area contributed by atoms with Crippen molar-refractivity contribution in [2.45, 2.75) is 65.8 Å². The maximum atomic E-state index is 13.2. The lowest BCUT2D eigenvalue weighted by Gasteiger charge is -2.28. The SMILES string of the molecule is COc1ccc(COc2ccc(Cc3cc(-c4cccnc4N(C(=O)OC(C)(C)C)C(=O)OC(C)(C)C)on3)cc2)cc1. The predicted octanol–water partition coefficient (Wildman–Crippen LogP) is 7.59. The fourth-order valence-electron chi connectivity index (χ4n) is 3.95. The first-order chi connectivity index (χ1) is 20.3. The van der Waals surface area contributed by atoms with Gasteiger partial charge in [0.05, 0.1) is 18.4 Å². The standard InChI is InChI=1S/C33H37N3O7/c1-32(2,3)41-30(37)36(31(38)42-33(4,5)6)29-27(9-8-18-34-29)28-20-24(35-43-28)19-22-10-16-26(17-11-22)40-21-23-12-14-25(39-7)15-13-23/h8-18,20H,19,21H2,1-7H3. The molecule has 0 aliphatic carbocycles. The normalized spacial score (nSPS) is 11.5. The van der Waals surface area contributed by atoms with E-state index in [4.69, 9.17) is 23.5 Å². The number of carbonyl (C=O) groups is 2. The Bertz CT molecular complexity index is 1500. The molecule has 0 atom stereocenters. The molecule has 43 heavy (non-hydrogen) atoms. The first kappa shape index (κ1) is 31.1. The van der Waals surface area contributed by atoms with E-state index < -0.39 is 23.4 Å². The van der Waals surface area contributed by atoms with E-state index in [2.05, 4.69) is 10.1 Å². The van der Waals surface area contributed by atoms with E-state index >= 15 is 0 Å². The molecule has 4 aromatic rings. The highest BCUT2D eigenvalue weighted by molar-refractivity contribution is 6.10. The summed E-state index contributed by atoms with van der Waals surface area (Å²) >= 11 is 0. The van der Waals surface area contributed by atoms with Gasteiger partial charge in [-0.3, -0.25) is 0 Å². The van der Waals surface area contributed by atoms with Crippen LogP contribution in [0, 0.1) is 0 Å². The fraction of sp³-hybridized carbons (Fsp3) is 0.333. The van der Waals surface area contributed by atoms with Crippen LogP contribution in [-0.2, 0) is 22.5 Å². The highest BCUT2D eigenvalue weighted by atomic mass is 16.6. The Balaban J connectivity index is 1.50. The van der Waals surface area contributed by atoms with Crippen LogP contribution >= 0.6 is 0 Å². The highest BCUT2D eigenvalue weighted by Gasteiger charge is 2.35. The summed E-state index contributed by atoms with van der Waals surface area (Å²) in [5.41, 5.74) is 1.33. The second kappa shape index (κ2) is 13.0. The summed E-state index contributed by atoms with van der Waals surface area (Å²) in [6, 6.07) is 20.5. The van der Waals surface area contributed by atoms with Gasteiger partial charge in [-0.2, -0.15) is 4.90 Å². The number of nitrogens with zero attached hydrogens (tertiary/aromatic N) is 3. The van der Waals surface area contributed by atoms with Crippen molar-refractivity contribution in [3.63, 3.8) is 0 Å². The molecule has 2 aromatic carbocycles. The Labute approximate surface area is 251 Å². The molecule has 0 aliphatic heterocycles. The minimum absolute atomic E-state index is 0.00654. The molecule has 10 heteroatoms. The van der Waals surface area contributed by atoms with Crippen LogP contribution in [0.3, 0.4) is 0 Å². The second-order valence-corrected chi connectivity index (χ2v) is 11.8. The van der Waals surface area contributed by atoms with Crippen LogP contribution in [0.4, 0.5) is 15.4 Å². The zero-order chi connectivity index (χ0) is 31.2. The number of methoxy groups -OCH3 is 1. The summed E-state index contributed by atoms with van der Waals surface area (Å²) in [4.78, 5) is 31.5. The second-order valence-electron chi connectivity index (χ2n) is 11.8. The number of anilines is 1. The third-order valence-electron chi connectivity index (χ3n) is 5.85. The summed E-state index contributed by atoms with van der Waals surface area (Å²) in [6.07, 6.45) is 0.113. The van der Waals surface area contributed by atoms with Gasteiger partial charge in [-0.15, -0.1) is 0 Å². The maximum absolute atomic E-state index is 13.2. The summed E-state index contributed by atoms with van der Waals surface area (Å²) in [5, 5.41) is 4.21. The van der Waals surface area contributed by atoms with Crippen molar-refractivity contribution in [2.24, 2.45) is 0 Å². The largest absolute Gasteiger partial charge is 0.497 e. The number of ether oxygens (including phenoxy) is 4. The molecule has 0 radical (unpaired) electrons. The van der Waals surface area contributed by atoms with Crippen molar-refractivity contribution in [3.05, 3.63) is 89.7 Å². The van der Waals surface area contributed by atoms with Gasteiger partial charge in [-0.25, -0.2) is 14.6 Å². The van der Waals surface area contributed by atoms with Crippen LogP contribution in [0.25, 0.3) is 11.3 Å². The van der Waals surface area contributed by atoms with Gasteiger partial charge in [-0.1, -0.05) is 29.4 Å². The summed E-state index contributed by atoms with van der Waals surface area (Å²) in [5.74, 6) is 1.87. The molecule has 2 amide bonds. The van der Waals surface area contributed by atoms with Crippen molar-refractivity contribution in [1.82, 2.24) is 10.1 Å². The quantitative estimate of drug-likeness (QED) is 0.206. The Morgan fingerprint density at radius 3 is 1.98 bits per heavy atom. The molecule has 0 unspecified atom stereocenters. The molecular weight excluding hydrogens is 550 g/mol. The van der Waals surface area contributed by atoms with Crippen molar-refractivity contribution in [3.8, 4) is 22.8 Å². The highest BCUT2D eigenvalue weighted by Crippen LogP contribution is 2.32. The van der Waals surface area contributed by atoms with Crippen LogP contribution in [0.2, 0.25) is 0 Å². The molecule has 2 heterocycles. The van der Waals surface area contributed by atoms with E-state index in [1.54, 1.807) is 66.9 Å². The van der Waals surface area contributed by atoms with Gasteiger partial charge in [0, 0.05) is 18.7 Å². The van der Waals surface area contributed by atoms with Crippen LogP contribution in [0.15, 0.2) is 77.4 Å². The lowest BCUT2D eigenvalue weighted by atomic mass is 10.1. The number of benzene rings is 2. The number of aromatic nitrogens is 2. The van der Waals surface area contributed by atoms with Crippen molar-refractivity contribution in [2.75, 3.05) is 12.0 Å². The maximum Gasteiger partial charge on any atom is 0.425 e. The minimum Gasteiger partial charge on any atom is -0.497 e. The Kier molecular flexibility index (Phi) is 9.38. The molecule has 0 fully saturated rings. The number of hydrogen-bond acceptors (Lipinski definition) is 9. The van der Waals surface area contributed by atoms with E-state index in [-0.39, 0.29) is 5.82 Å². The number of rotatable bonds is 8. The topological polar surface area (TPSA) is 113 Å². The van der Waals surface area contributed by atoms with Gasteiger partial charge in [0.15, 0.2) is 11.6 Å². The van der Waals surface area contributed by atoms with E-state index in [1.165, 1.54) is 6.20 Å². The van der Waals surface area contributed by atoms with Gasteiger partial charge in [-0.05, 0) is 89.1 Å². The third kappa shape index (κ3) is 8.81. The van der Waals surface area contributed by atoms with E-state index in [9.17, 15) is 9.59 Å². The smallest absolute Gasteiger partial charge is 0.425 e. The third-order valence-corrected chi connectivity index (χ3v) is 5.85. The fourth-order valence-corrected chi connectivity index (χ4v) is 3.95. The number of pyridine rings is 1. The minimum atomic E-state index is -0.921. The molecule has 226 valence electrons. The Morgan fingerprint density at radius 2 is 1.40 bits per heavy atom. The average Bonchev–Trinajstić information content (AvgIpc) is 3.39. The first-order valence-corrected chi connectivity index (χ1v) is 13.8. The van der Waals surface area contributed by atoms with Gasteiger partial charge in [0.2, 0.25) is 0 Å². The van der Waals surface area contributed by atoms with E-state index in [0.717, 1.165) is 27.5 Å². The summed E-state index contributed by atoms with van der Waals surface area (Å²) in [6.45, 7) is 10.7. The number of imide groups is 1. The van der Waals surface area contributed by atoms with Gasteiger partial charge in [0.25, 0.3) is 0 Å². The molecule has 10 nitrogen and oxygen atoms in total. The van der Waals surface area contributed by atoms with Crippen LogP contribution in [0.1, 0.15) is 58.4 Å². The molecule has 0 saturated carbocycles. The molecule has 2 aromatic heterocycles. The van der Waals surface area contributed by atoms with Crippen molar-refractivity contribution < 1.29 is 33.1 Å². The first-order valence-electron chi connectivity index (χ1n) is 13.8. The molecule has 0 saturated heterocycles. The summed E-state index contributed by atoms with van der Waals surface area (Å²) in [7, 11) is 1.63. The predicted molar refractivity (Wildman–Crippen MR) is 161 cm³/mol. The van der Waals surface area contributed by atoms with Crippen LogP contribution in [-0.4, -0.2) is 40.6 Å². The zero-order valence-electron chi connectivity index (χ0n) is 25.5. The van der Waals surface area contributed by atoms with Crippen molar-refractivity contribution in [1.29, 1.82) is 0 Å². The van der Waals surface area contributed by atoms with Gasteiger partial charge >= 0.3 is 12.2 Å². The Hall–Kier alpha value is -4.86. The Morgan fingerprint density at radius 1 is 0.814 bits per heavy atom. The molecular formula is C33H37N3O7. The van der Waals surface area contributed by atoms with Crippen molar-refractivity contribution >= 4 is 18.0 Å². The lowest BCUT2D eigenvalue weighted by Crippen LogP contribution is -2.44. The van der Waals surface area contributed by atoms with Crippen LogP contribution < -0.4 is 14.4 Å².